The summed E-state index contributed by atoms with van der Waals surface area (Å²) in [4.78, 5) is 14.2. The van der Waals surface area contributed by atoms with E-state index >= 15 is 0 Å². The third kappa shape index (κ3) is 3.91. The molecule has 0 aromatic carbocycles. The van der Waals surface area contributed by atoms with Gasteiger partial charge in [0, 0.05) is 38.1 Å². The maximum atomic E-state index is 11.7. The van der Waals surface area contributed by atoms with Crippen LogP contribution in [0.1, 0.15) is 38.5 Å². The second kappa shape index (κ2) is 7.22. The van der Waals surface area contributed by atoms with E-state index in [9.17, 15) is 4.79 Å². The Bertz CT molecular complexity index is 284. The van der Waals surface area contributed by atoms with Crippen LogP contribution in [0.4, 0.5) is 0 Å². The molecule has 1 saturated carbocycles. The SMILES string of the molecule is NCCC(=O)NCC1(N2CCOCC2)CCCCC1. The van der Waals surface area contributed by atoms with E-state index in [0.29, 0.717) is 13.0 Å². The van der Waals surface area contributed by atoms with Crippen LogP contribution >= 0.6 is 0 Å². The average Bonchev–Trinajstić information content (AvgIpc) is 2.47. The molecule has 0 unspecified atom stereocenters. The number of ether oxygens (including phenoxy) is 1. The van der Waals surface area contributed by atoms with Gasteiger partial charge in [0.2, 0.25) is 5.91 Å². The van der Waals surface area contributed by atoms with E-state index in [1.807, 2.05) is 0 Å². The van der Waals surface area contributed by atoms with Crippen molar-refractivity contribution in [2.45, 2.75) is 44.1 Å². The summed E-state index contributed by atoms with van der Waals surface area (Å²) in [5.41, 5.74) is 5.59. The van der Waals surface area contributed by atoms with Crippen molar-refractivity contribution in [3.8, 4) is 0 Å². The molecule has 5 nitrogen and oxygen atoms in total. The first-order valence-corrected chi connectivity index (χ1v) is 7.56. The number of nitrogens with zero attached hydrogens (tertiary/aromatic N) is 1. The Hall–Kier alpha value is -0.650. The van der Waals surface area contributed by atoms with Crippen molar-refractivity contribution in [2.24, 2.45) is 5.73 Å². The molecule has 0 aromatic rings. The second-order valence-corrected chi connectivity index (χ2v) is 5.70. The summed E-state index contributed by atoms with van der Waals surface area (Å²) in [6.07, 6.45) is 6.67. The first-order chi connectivity index (χ1) is 9.27. The highest BCUT2D eigenvalue weighted by Crippen LogP contribution is 2.33. The average molecular weight is 269 g/mol. The normalized spacial score (nSPS) is 24.1. The van der Waals surface area contributed by atoms with E-state index < -0.39 is 0 Å². The minimum absolute atomic E-state index is 0.0840. The Morgan fingerprint density at radius 2 is 1.89 bits per heavy atom. The number of carbonyl (C=O) groups is 1. The van der Waals surface area contributed by atoms with Crippen LogP contribution in [-0.4, -0.2) is 55.7 Å². The van der Waals surface area contributed by atoms with Gasteiger partial charge in [-0.05, 0) is 12.8 Å². The van der Waals surface area contributed by atoms with Crippen LogP contribution in [0.2, 0.25) is 0 Å². The van der Waals surface area contributed by atoms with Gasteiger partial charge >= 0.3 is 0 Å². The lowest BCUT2D eigenvalue weighted by molar-refractivity contribution is -0.122. The molecule has 19 heavy (non-hydrogen) atoms. The Labute approximate surface area is 115 Å². The Morgan fingerprint density at radius 3 is 2.53 bits per heavy atom. The number of nitrogens with one attached hydrogen (secondary N) is 1. The fourth-order valence-electron chi connectivity index (χ4n) is 3.33. The first kappa shape index (κ1) is 14.8. The Morgan fingerprint density at radius 1 is 1.21 bits per heavy atom. The Balaban J connectivity index is 1.95. The van der Waals surface area contributed by atoms with Gasteiger partial charge in [-0.15, -0.1) is 0 Å². The van der Waals surface area contributed by atoms with Crippen molar-refractivity contribution in [2.75, 3.05) is 39.4 Å². The zero-order valence-electron chi connectivity index (χ0n) is 11.8. The molecule has 2 aliphatic rings. The van der Waals surface area contributed by atoms with Crippen LogP contribution in [0.15, 0.2) is 0 Å². The third-order valence-corrected chi connectivity index (χ3v) is 4.45. The molecule has 0 spiro atoms. The lowest BCUT2D eigenvalue weighted by Crippen LogP contribution is -2.59. The maximum absolute atomic E-state index is 11.7. The fraction of sp³-hybridized carbons (Fsp3) is 0.929. The van der Waals surface area contributed by atoms with E-state index in [1.54, 1.807) is 0 Å². The standard InChI is InChI=1S/C14H27N3O2/c15-7-4-13(18)16-12-14(5-2-1-3-6-14)17-8-10-19-11-9-17/h1-12,15H2,(H,16,18). The molecule has 0 bridgehead atoms. The number of rotatable bonds is 5. The number of morpholine rings is 1. The highest BCUT2D eigenvalue weighted by Gasteiger charge is 2.38. The minimum atomic E-state index is 0.0840. The van der Waals surface area contributed by atoms with E-state index in [0.717, 1.165) is 32.8 Å². The first-order valence-electron chi connectivity index (χ1n) is 7.56. The van der Waals surface area contributed by atoms with Crippen LogP contribution in [0, 0.1) is 0 Å². The number of nitrogens with two attached hydrogens (primary N) is 1. The summed E-state index contributed by atoms with van der Waals surface area (Å²) < 4.78 is 5.45. The summed E-state index contributed by atoms with van der Waals surface area (Å²) in [6.45, 7) is 4.82. The van der Waals surface area contributed by atoms with Crippen LogP contribution < -0.4 is 11.1 Å². The predicted molar refractivity (Wildman–Crippen MR) is 74.9 cm³/mol. The van der Waals surface area contributed by atoms with Gasteiger partial charge in [0.1, 0.15) is 0 Å². The van der Waals surface area contributed by atoms with Gasteiger partial charge in [-0.3, -0.25) is 9.69 Å². The number of hydrogen-bond acceptors (Lipinski definition) is 4. The van der Waals surface area contributed by atoms with E-state index in [2.05, 4.69) is 10.2 Å². The summed E-state index contributed by atoms with van der Waals surface area (Å²) in [5.74, 6) is 0.0840. The van der Waals surface area contributed by atoms with Crippen molar-refractivity contribution in [1.29, 1.82) is 0 Å². The van der Waals surface area contributed by atoms with Gasteiger partial charge in [0.25, 0.3) is 0 Å². The second-order valence-electron chi connectivity index (χ2n) is 5.70. The fourth-order valence-corrected chi connectivity index (χ4v) is 3.33. The lowest BCUT2D eigenvalue weighted by atomic mass is 9.79. The molecule has 0 atom stereocenters. The molecule has 1 saturated heterocycles. The molecule has 110 valence electrons. The van der Waals surface area contributed by atoms with Crippen molar-refractivity contribution in [3.05, 3.63) is 0 Å². The van der Waals surface area contributed by atoms with Crippen LogP contribution in [0.5, 0.6) is 0 Å². The smallest absolute Gasteiger partial charge is 0.221 e. The number of carbonyl (C=O) groups excluding carboxylic acids is 1. The molecule has 0 radical (unpaired) electrons. The Kier molecular flexibility index (Phi) is 5.60. The monoisotopic (exact) mass is 269 g/mol. The quantitative estimate of drug-likeness (QED) is 0.762. The molecule has 3 N–H and O–H groups in total. The van der Waals surface area contributed by atoms with Gasteiger partial charge in [-0.2, -0.15) is 0 Å². The molecule has 0 aromatic heterocycles. The maximum Gasteiger partial charge on any atom is 0.221 e. The highest BCUT2D eigenvalue weighted by atomic mass is 16.5. The van der Waals surface area contributed by atoms with E-state index in [4.69, 9.17) is 10.5 Å². The molecule has 1 amide bonds. The lowest BCUT2D eigenvalue weighted by Gasteiger charge is -2.48. The van der Waals surface area contributed by atoms with E-state index in [1.165, 1.54) is 32.1 Å². The number of amides is 1. The molecular weight excluding hydrogens is 242 g/mol. The zero-order valence-corrected chi connectivity index (χ0v) is 11.8. The third-order valence-electron chi connectivity index (χ3n) is 4.45. The van der Waals surface area contributed by atoms with Crippen molar-refractivity contribution in [3.63, 3.8) is 0 Å². The van der Waals surface area contributed by atoms with Gasteiger partial charge in [-0.1, -0.05) is 19.3 Å². The molecule has 5 heteroatoms. The predicted octanol–water partition coefficient (Wildman–Crippen LogP) is 0.487. The summed E-state index contributed by atoms with van der Waals surface area (Å²) in [5, 5.41) is 3.09. The van der Waals surface area contributed by atoms with Gasteiger partial charge in [0.05, 0.1) is 13.2 Å². The van der Waals surface area contributed by atoms with Crippen LogP contribution in [0.3, 0.4) is 0 Å². The largest absolute Gasteiger partial charge is 0.379 e. The van der Waals surface area contributed by atoms with E-state index in [-0.39, 0.29) is 11.4 Å². The van der Waals surface area contributed by atoms with Gasteiger partial charge in [0.15, 0.2) is 0 Å². The summed E-state index contributed by atoms with van der Waals surface area (Å²) in [6, 6.07) is 0. The molecule has 2 fully saturated rings. The van der Waals surface area contributed by atoms with Crippen LogP contribution in [-0.2, 0) is 9.53 Å². The number of hydrogen-bond donors (Lipinski definition) is 2. The van der Waals surface area contributed by atoms with Gasteiger partial charge < -0.3 is 15.8 Å². The molecule has 1 aliphatic heterocycles. The van der Waals surface area contributed by atoms with Crippen molar-refractivity contribution in [1.82, 2.24) is 10.2 Å². The van der Waals surface area contributed by atoms with Crippen molar-refractivity contribution >= 4 is 5.91 Å². The molecule has 2 rings (SSSR count). The zero-order chi connectivity index (χ0) is 13.6. The van der Waals surface area contributed by atoms with Crippen molar-refractivity contribution < 1.29 is 9.53 Å². The highest BCUT2D eigenvalue weighted by molar-refractivity contribution is 5.76. The van der Waals surface area contributed by atoms with Gasteiger partial charge in [-0.25, -0.2) is 0 Å². The summed E-state index contributed by atoms with van der Waals surface area (Å²) >= 11 is 0. The molecule has 1 heterocycles. The summed E-state index contributed by atoms with van der Waals surface area (Å²) in [7, 11) is 0. The van der Waals surface area contributed by atoms with Crippen LogP contribution in [0.25, 0.3) is 0 Å². The topological polar surface area (TPSA) is 67.6 Å². The molecular formula is C14H27N3O2. The minimum Gasteiger partial charge on any atom is -0.379 e. The molecule has 1 aliphatic carbocycles.